The maximum atomic E-state index is 3.61. The van der Waals surface area contributed by atoms with Crippen molar-refractivity contribution in [2.75, 3.05) is 0 Å². The van der Waals surface area contributed by atoms with Crippen molar-refractivity contribution in [2.45, 2.75) is 6.42 Å². The molecule has 1 aliphatic rings. The Morgan fingerprint density at radius 3 is 2.62 bits per heavy atom. The average Bonchev–Trinajstić information content (AvgIpc) is 3.01. The second-order valence-corrected chi connectivity index (χ2v) is 4.50. The maximum absolute atomic E-state index is 3.61. The Morgan fingerprint density at radius 1 is 1.12 bits per heavy atom. The van der Waals surface area contributed by atoms with Crippen molar-refractivity contribution in [3.63, 3.8) is 0 Å². The number of thiophene rings is 1. The maximum Gasteiger partial charge on any atom is 0.0264 e. The van der Waals surface area contributed by atoms with Crippen LogP contribution in [0.5, 0.6) is 0 Å². The van der Waals surface area contributed by atoms with Crippen LogP contribution < -0.4 is 0 Å². The molecule has 1 aromatic heterocycles. The zero-order valence-corrected chi connectivity index (χ0v) is 9.91. The van der Waals surface area contributed by atoms with Gasteiger partial charge in [0.25, 0.3) is 0 Å². The van der Waals surface area contributed by atoms with Crippen LogP contribution in [-0.2, 0) is 6.42 Å². The van der Waals surface area contributed by atoms with Gasteiger partial charge in [0.1, 0.15) is 0 Å². The lowest BCUT2D eigenvalue weighted by molar-refractivity contribution is 1.31. The van der Waals surface area contributed by atoms with E-state index in [9.17, 15) is 0 Å². The predicted molar refractivity (Wildman–Crippen MR) is 73.6 cm³/mol. The molecule has 0 saturated heterocycles. The van der Waals surface area contributed by atoms with Gasteiger partial charge in [0.15, 0.2) is 0 Å². The van der Waals surface area contributed by atoms with Crippen molar-refractivity contribution in [3.8, 4) is 0 Å². The summed E-state index contributed by atoms with van der Waals surface area (Å²) in [6.07, 6.45) is 7.35. The molecule has 1 heterocycles. The van der Waals surface area contributed by atoms with Gasteiger partial charge in [-0.25, -0.2) is 0 Å². The van der Waals surface area contributed by atoms with E-state index in [-0.39, 0.29) is 0 Å². The van der Waals surface area contributed by atoms with E-state index >= 15 is 0 Å². The Kier molecular flexibility index (Phi) is 3.73. The van der Waals surface area contributed by atoms with Crippen molar-refractivity contribution in [3.05, 3.63) is 70.4 Å². The molecule has 0 unspecified atom stereocenters. The molecule has 0 bridgehead atoms. The summed E-state index contributed by atoms with van der Waals surface area (Å²) in [6.45, 7) is 3.61. The number of hydrogen-bond acceptors (Lipinski definition) is 1. The van der Waals surface area contributed by atoms with E-state index in [2.05, 4.69) is 43.0 Å². The Hall–Kier alpha value is -1.60. The predicted octanol–water partition coefficient (Wildman–Crippen LogP) is 4.65. The van der Waals surface area contributed by atoms with E-state index in [0.29, 0.717) is 0 Å². The molecular weight excluding hydrogens is 212 g/mol. The fraction of sp³-hybridized carbons (Fsp3) is 0.0667. The molecule has 0 saturated carbocycles. The highest BCUT2D eigenvalue weighted by Crippen LogP contribution is 2.17. The summed E-state index contributed by atoms with van der Waals surface area (Å²) in [6, 6.07) is 12.5. The van der Waals surface area contributed by atoms with Crippen molar-refractivity contribution in [2.24, 2.45) is 0 Å². The largest absolute Gasteiger partial charge is 0.144 e. The van der Waals surface area contributed by atoms with Crippen LogP contribution in [0.15, 0.2) is 54.4 Å². The molecule has 1 heteroatoms. The summed E-state index contributed by atoms with van der Waals surface area (Å²) in [5.41, 5.74) is 2.84. The molecule has 2 aromatic rings. The van der Waals surface area contributed by atoms with Crippen molar-refractivity contribution >= 4 is 23.5 Å². The van der Waals surface area contributed by atoms with Crippen molar-refractivity contribution in [1.82, 2.24) is 0 Å². The minimum absolute atomic E-state index is 1.12. The molecule has 0 fully saturated rings. The third-order valence-electron chi connectivity index (χ3n) is 2.43. The van der Waals surface area contributed by atoms with Crippen LogP contribution in [0.2, 0.25) is 0 Å². The van der Waals surface area contributed by atoms with Crippen molar-refractivity contribution in [1.29, 1.82) is 0 Å². The highest BCUT2D eigenvalue weighted by molar-refractivity contribution is 7.10. The van der Waals surface area contributed by atoms with E-state index in [4.69, 9.17) is 0 Å². The monoisotopic (exact) mass is 226 g/mol. The van der Waals surface area contributed by atoms with Crippen LogP contribution in [0.25, 0.3) is 12.2 Å². The van der Waals surface area contributed by atoms with Crippen LogP contribution in [0.4, 0.5) is 0 Å². The molecular formula is C15H14S. The molecule has 0 atom stereocenters. The minimum Gasteiger partial charge on any atom is -0.144 e. The van der Waals surface area contributed by atoms with Crippen molar-refractivity contribution < 1.29 is 0 Å². The number of rotatable bonds is 1. The number of allylic oxidation sites excluding steroid dienone is 1. The molecule has 3 rings (SSSR count). The first-order chi connectivity index (χ1) is 7.90. The second-order valence-electron chi connectivity index (χ2n) is 3.52. The van der Waals surface area contributed by atoms with E-state index in [1.165, 1.54) is 16.0 Å². The standard InChI is InChI=1S/C9H8.C6H6S/c1-2-5-9-7-3-6-8(9)4-1;1-2-6-4-3-5-7-6/h1-6H,7H2;2-5H,1H2. The first kappa shape index (κ1) is 10.9. The summed E-state index contributed by atoms with van der Waals surface area (Å²) in [7, 11) is 0. The lowest BCUT2D eigenvalue weighted by Gasteiger charge is -1.93. The highest BCUT2D eigenvalue weighted by Gasteiger charge is 2.00. The van der Waals surface area contributed by atoms with E-state index in [0.717, 1.165) is 6.42 Å². The topological polar surface area (TPSA) is 0 Å². The van der Waals surface area contributed by atoms with Crippen LogP contribution in [0.3, 0.4) is 0 Å². The lowest BCUT2D eigenvalue weighted by atomic mass is 10.1. The summed E-state index contributed by atoms with van der Waals surface area (Å²) >= 11 is 1.70. The Morgan fingerprint density at radius 2 is 2.00 bits per heavy atom. The van der Waals surface area contributed by atoms with Gasteiger partial charge < -0.3 is 0 Å². The van der Waals surface area contributed by atoms with Gasteiger partial charge in [-0.05, 0) is 29.0 Å². The number of fused-ring (bicyclic) bond motifs is 1. The molecule has 0 radical (unpaired) electrons. The second kappa shape index (κ2) is 5.47. The van der Waals surface area contributed by atoms with Gasteiger partial charge in [0.2, 0.25) is 0 Å². The Bertz CT molecular complexity index is 478. The molecule has 16 heavy (non-hydrogen) atoms. The van der Waals surface area contributed by atoms with Gasteiger partial charge >= 0.3 is 0 Å². The first-order valence-electron chi connectivity index (χ1n) is 5.30. The molecule has 0 spiro atoms. The molecule has 0 aliphatic heterocycles. The molecule has 0 nitrogen and oxygen atoms in total. The summed E-state index contributed by atoms with van der Waals surface area (Å²) in [4.78, 5) is 1.24. The summed E-state index contributed by atoms with van der Waals surface area (Å²) in [5.74, 6) is 0. The van der Waals surface area contributed by atoms with E-state index in [1.54, 1.807) is 11.3 Å². The zero-order valence-electron chi connectivity index (χ0n) is 9.10. The van der Waals surface area contributed by atoms with Gasteiger partial charge in [-0.2, -0.15) is 0 Å². The van der Waals surface area contributed by atoms with Gasteiger partial charge in [-0.3, -0.25) is 0 Å². The third kappa shape index (κ3) is 2.71. The van der Waals surface area contributed by atoms with Crippen LogP contribution in [-0.4, -0.2) is 0 Å². The molecule has 1 aliphatic carbocycles. The normalized spacial score (nSPS) is 11.5. The number of hydrogen-bond donors (Lipinski definition) is 0. The SMILES string of the molecule is C1=Cc2ccccc2C1.C=Cc1cccs1. The quantitative estimate of drug-likeness (QED) is 0.664. The Labute approximate surface area is 101 Å². The van der Waals surface area contributed by atoms with Gasteiger partial charge in [-0.1, -0.05) is 55.1 Å². The smallest absolute Gasteiger partial charge is 0.0264 e. The molecule has 0 N–H and O–H groups in total. The fourth-order valence-corrected chi connectivity index (χ4v) is 2.17. The van der Waals surface area contributed by atoms with Crippen LogP contribution >= 0.6 is 11.3 Å². The molecule has 1 aromatic carbocycles. The van der Waals surface area contributed by atoms with E-state index in [1.807, 2.05) is 23.6 Å². The zero-order chi connectivity index (χ0) is 11.2. The number of benzene rings is 1. The van der Waals surface area contributed by atoms with Gasteiger partial charge in [-0.15, -0.1) is 11.3 Å². The van der Waals surface area contributed by atoms with Crippen LogP contribution in [0.1, 0.15) is 16.0 Å². The Balaban J connectivity index is 0.000000125. The lowest BCUT2D eigenvalue weighted by Crippen LogP contribution is -1.76. The fourth-order valence-electron chi connectivity index (χ4n) is 1.60. The first-order valence-corrected chi connectivity index (χ1v) is 6.18. The summed E-state index contributed by atoms with van der Waals surface area (Å²) < 4.78 is 0. The van der Waals surface area contributed by atoms with Crippen LogP contribution in [0, 0.1) is 0 Å². The average molecular weight is 226 g/mol. The minimum atomic E-state index is 1.12. The molecule has 80 valence electrons. The van der Waals surface area contributed by atoms with Gasteiger partial charge in [0.05, 0.1) is 0 Å². The molecule has 0 amide bonds. The highest BCUT2D eigenvalue weighted by atomic mass is 32.1. The van der Waals surface area contributed by atoms with Gasteiger partial charge in [0, 0.05) is 4.88 Å². The third-order valence-corrected chi connectivity index (χ3v) is 3.30. The van der Waals surface area contributed by atoms with E-state index < -0.39 is 0 Å². The summed E-state index contributed by atoms with van der Waals surface area (Å²) in [5, 5.41) is 2.04.